The Morgan fingerprint density at radius 2 is 2.04 bits per heavy atom. The second-order valence-electron chi connectivity index (χ2n) is 5.83. The number of amides is 1. The van der Waals surface area contributed by atoms with E-state index >= 15 is 0 Å². The number of rotatable bonds is 5. The van der Waals surface area contributed by atoms with E-state index in [2.05, 4.69) is 5.32 Å². The minimum absolute atomic E-state index is 0.0657. The summed E-state index contributed by atoms with van der Waals surface area (Å²) in [5.74, 6) is -0.720. The van der Waals surface area contributed by atoms with Gasteiger partial charge in [0.1, 0.15) is 17.9 Å². The molecule has 25 heavy (non-hydrogen) atoms. The number of nitrogens with zero attached hydrogens (tertiary/aromatic N) is 1. The fourth-order valence-electron chi connectivity index (χ4n) is 2.92. The molecule has 0 radical (unpaired) electrons. The van der Waals surface area contributed by atoms with Crippen LogP contribution in [0.15, 0.2) is 47.4 Å². The lowest BCUT2D eigenvalue weighted by Gasteiger charge is -2.26. The van der Waals surface area contributed by atoms with Gasteiger partial charge in [0.05, 0.1) is 6.61 Å². The quantitative estimate of drug-likeness (QED) is 0.852. The van der Waals surface area contributed by atoms with E-state index in [1.807, 2.05) is 24.3 Å². The highest BCUT2D eigenvalue weighted by Crippen LogP contribution is 2.32. The lowest BCUT2D eigenvalue weighted by Crippen LogP contribution is -2.36. The highest BCUT2D eigenvalue weighted by molar-refractivity contribution is 5.93. The van der Waals surface area contributed by atoms with E-state index in [-0.39, 0.29) is 11.5 Å². The Bertz CT molecular complexity index is 859. The van der Waals surface area contributed by atoms with Crippen LogP contribution in [0.5, 0.6) is 5.75 Å². The van der Waals surface area contributed by atoms with Gasteiger partial charge in [-0.3, -0.25) is 14.4 Å². The van der Waals surface area contributed by atoms with Gasteiger partial charge >= 0.3 is 5.97 Å². The third kappa shape index (κ3) is 3.71. The number of benzene rings is 1. The van der Waals surface area contributed by atoms with Crippen molar-refractivity contribution in [2.24, 2.45) is 0 Å². The van der Waals surface area contributed by atoms with Crippen molar-refractivity contribution in [2.45, 2.75) is 18.9 Å². The number of carbonyl (C=O) groups excluding carboxylic acids is 1. The molecule has 1 atom stereocenters. The molecular formula is C18H18N2O5. The Balaban J connectivity index is 1.72. The molecule has 7 heteroatoms. The van der Waals surface area contributed by atoms with Gasteiger partial charge in [-0.05, 0) is 30.2 Å². The summed E-state index contributed by atoms with van der Waals surface area (Å²) in [6, 6.07) is 10.6. The first-order chi connectivity index (χ1) is 12.1. The highest BCUT2D eigenvalue weighted by Gasteiger charge is 2.22. The van der Waals surface area contributed by atoms with E-state index in [1.165, 1.54) is 18.3 Å². The minimum atomic E-state index is -1.14. The van der Waals surface area contributed by atoms with E-state index < -0.39 is 24.0 Å². The van der Waals surface area contributed by atoms with Gasteiger partial charge in [0.15, 0.2) is 0 Å². The minimum Gasteiger partial charge on any atom is -0.493 e. The molecule has 0 aliphatic carbocycles. The van der Waals surface area contributed by atoms with Crippen molar-refractivity contribution in [3.63, 3.8) is 0 Å². The fourth-order valence-corrected chi connectivity index (χ4v) is 2.92. The van der Waals surface area contributed by atoms with E-state index in [0.717, 1.165) is 22.3 Å². The normalized spacial score (nSPS) is 15.8. The number of carbonyl (C=O) groups is 2. The maximum absolute atomic E-state index is 12.4. The van der Waals surface area contributed by atoms with Crippen LogP contribution in [0.3, 0.4) is 0 Å². The zero-order valence-electron chi connectivity index (χ0n) is 13.5. The smallest absolute Gasteiger partial charge is 0.323 e. The second kappa shape index (κ2) is 7.21. The number of pyridine rings is 1. The van der Waals surface area contributed by atoms with Crippen molar-refractivity contribution < 1.29 is 19.4 Å². The fraction of sp³-hybridized carbons (Fsp3) is 0.278. The number of hydrogen-bond donors (Lipinski definition) is 2. The number of nitrogens with one attached hydrogen (secondary N) is 1. The zero-order valence-corrected chi connectivity index (χ0v) is 13.5. The molecule has 1 aromatic carbocycles. The monoisotopic (exact) mass is 342 g/mol. The third-order valence-electron chi connectivity index (χ3n) is 4.16. The van der Waals surface area contributed by atoms with Crippen LogP contribution in [0.1, 0.15) is 28.3 Å². The summed E-state index contributed by atoms with van der Waals surface area (Å²) in [6.45, 7) is 0.480. The predicted molar refractivity (Wildman–Crippen MR) is 90.0 cm³/mol. The second-order valence-corrected chi connectivity index (χ2v) is 5.83. The van der Waals surface area contributed by atoms with Gasteiger partial charge in [-0.2, -0.15) is 0 Å². The van der Waals surface area contributed by atoms with Crippen LogP contribution >= 0.6 is 0 Å². The Morgan fingerprint density at radius 1 is 1.24 bits per heavy atom. The molecule has 1 aliphatic heterocycles. The molecule has 0 spiro atoms. The molecule has 1 aliphatic rings. The van der Waals surface area contributed by atoms with Crippen LogP contribution in [-0.2, 0) is 11.3 Å². The molecule has 0 saturated carbocycles. The van der Waals surface area contributed by atoms with E-state index in [9.17, 15) is 14.4 Å². The van der Waals surface area contributed by atoms with Crippen molar-refractivity contribution in [3.8, 4) is 5.75 Å². The molecule has 2 N–H and O–H groups in total. The van der Waals surface area contributed by atoms with Crippen LogP contribution in [0.4, 0.5) is 0 Å². The molecule has 1 aromatic heterocycles. The van der Waals surface area contributed by atoms with Gasteiger partial charge in [-0.15, -0.1) is 0 Å². The maximum Gasteiger partial charge on any atom is 0.323 e. The molecule has 3 rings (SSSR count). The SMILES string of the molecule is O=C(O)Cn1cccc(C(=O)NCC2CCOc3ccccc32)c1=O. The molecule has 2 heterocycles. The van der Waals surface area contributed by atoms with E-state index in [1.54, 1.807) is 0 Å². The van der Waals surface area contributed by atoms with Gasteiger partial charge in [-0.1, -0.05) is 18.2 Å². The summed E-state index contributed by atoms with van der Waals surface area (Å²) < 4.78 is 6.60. The topological polar surface area (TPSA) is 97.6 Å². The highest BCUT2D eigenvalue weighted by atomic mass is 16.5. The zero-order chi connectivity index (χ0) is 17.8. The van der Waals surface area contributed by atoms with Gasteiger partial charge in [-0.25, -0.2) is 0 Å². The van der Waals surface area contributed by atoms with Crippen molar-refractivity contribution in [1.82, 2.24) is 9.88 Å². The van der Waals surface area contributed by atoms with Crippen molar-refractivity contribution >= 4 is 11.9 Å². The summed E-state index contributed by atoms with van der Waals surface area (Å²) in [5, 5.41) is 11.6. The van der Waals surface area contributed by atoms with Crippen molar-refractivity contribution in [2.75, 3.05) is 13.2 Å². The lowest BCUT2D eigenvalue weighted by molar-refractivity contribution is -0.137. The summed E-state index contributed by atoms with van der Waals surface area (Å²) >= 11 is 0. The average Bonchev–Trinajstić information content (AvgIpc) is 2.61. The molecular weight excluding hydrogens is 324 g/mol. The number of hydrogen-bond acceptors (Lipinski definition) is 4. The third-order valence-corrected chi connectivity index (χ3v) is 4.16. The van der Waals surface area contributed by atoms with Crippen molar-refractivity contribution in [3.05, 3.63) is 64.1 Å². The van der Waals surface area contributed by atoms with Crippen LogP contribution < -0.4 is 15.6 Å². The Hall–Kier alpha value is -3.09. The summed E-state index contributed by atoms with van der Waals surface area (Å²) in [6.07, 6.45) is 2.12. The predicted octanol–water partition coefficient (Wildman–Crippen LogP) is 1.23. The summed E-state index contributed by atoms with van der Waals surface area (Å²) in [5.41, 5.74) is 0.351. The number of para-hydroxylation sites is 1. The molecule has 0 bridgehead atoms. The summed E-state index contributed by atoms with van der Waals surface area (Å²) in [4.78, 5) is 35.3. The number of aromatic nitrogens is 1. The molecule has 2 aromatic rings. The molecule has 1 amide bonds. The summed E-state index contributed by atoms with van der Waals surface area (Å²) in [7, 11) is 0. The molecule has 0 saturated heterocycles. The Kier molecular flexibility index (Phi) is 4.83. The van der Waals surface area contributed by atoms with Gasteiger partial charge in [0.25, 0.3) is 11.5 Å². The molecule has 0 fully saturated rings. The molecule has 130 valence electrons. The number of aliphatic carboxylic acids is 1. The van der Waals surface area contributed by atoms with Crippen LogP contribution in [0, 0.1) is 0 Å². The van der Waals surface area contributed by atoms with Crippen molar-refractivity contribution in [1.29, 1.82) is 0 Å². The van der Waals surface area contributed by atoms with E-state index in [0.29, 0.717) is 13.2 Å². The van der Waals surface area contributed by atoms with Crippen LogP contribution in [0.25, 0.3) is 0 Å². The Labute approximate surface area is 143 Å². The van der Waals surface area contributed by atoms with E-state index in [4.69, 9.17) is 9.84 Å². The first-order valence-corrected chi connectivity index (χ1v) is 7.97. The number of carboxylic acids is 1. The number of fused-ring (bicyclic) bond motifs is 1. The average molecular weight is 342 g/mol. The largest absolute Gasteiger partial charge is 0.493 e. The maximum atomic E-state index is 12.4. The van der Waals surface area contributed by atoms with Crippen LogP contribution in [-0.4, -0.2) is 34.7 Å². The van der Waals surface area contributed by atoms with Crippen LogP contribution in [0.2, 0.25) is 0 Å². The number of ether oxygens (including phenoxy) is 1. The first-order valence-electron chi connectivity index (χ1n) is 7.97. The number of carboxylic acid groups (broad SMARTS) is 1. The van der Waals surface area contributed by atoms with Gasteiger partial charge in [0, 0.05) is 18.7 Å². The molecule has 1 unspecified atom stereocenters. The Morgan fingerprint density at radius 3 is 2.84 bits per heavy atom. The lowest BCUT2D eigenvalue weighted by atomic mass is 9.93. The first kappa shape index (κ1) is 16.8. The van der Waals surface area contributed by atoms with Gasteiger partial charge in [0.2, 0.25) is 0 Å². The molecule has 7 nitrogen and oxygen atoms in total. The van der Waals surface area contributed by atoms with Gasteiger partial charge < -0.3 is 19.7 Å². The standard InChI is InChI=1S/C18H18N2O5/c21-16(22)11-20-8-3-5-14(18(20)24)17(23)19-10-12-7-9-25-15-6-2-1-4-13(12)15/h1-6,8,12H,7,9-11H2,(H,19,23)(H,21,22).